The van der Waals surface area contributed by atoms with Crippen molar-refractivity contribution >= 4 is 0 Å². The molecule has 0 saturated carbocycles. The van der Waals surface area contributed by atoms with E-state index in [1.165, 1.54) is 12.8 Å². The molecule has 2 atom stereocenters. The van der Waals surface area contributed by atoms with Gasteiger partial charge in [-0.25, -0.2) is 0 Å². The van der Waals surface area contributed by atoms with E-state index in [4.69, 9.17) is 0 Å². The summed E-state index contributed by atoms with van der Waals surface area (Å²) in [5.41, 5.74) is 0.787. The minimum Gasteiger partial charge on any atom is -0.434 e. The van der Waals surface area contributed by atoms with E-state index >= 15 is 0 Å². The third-order valence-electron chi connectivity index (χ3n) is 3.63. The number of hydrogen-bond donors (Lipinski definition) is 1. The third kappa shape index (κ3) is 6.42. The van der Waals surface area contributed by atoms with Gasteiger partial charge in [-0.2, -0.15) is 8.78 Å². The smallest absolute Gasteiger partial charge is 0.387 e. The van der Waals surface area contributed by atoms with Gasteiger partial charge in [-0.05, 0) is 25.8 Å². The molecule has 0 aliphatic rings. The highest BCUT2D eigenvalue weighted by Crippen LogP contribution is 2.27. The van der Waals surface area contributed by atoms with E-state index in [-0.39, 0.29) is 11.8 Å². The highest BCUT2D eigenvalue weighted by molar-refractivity contribution is 5.35. The number of rotatable bonds is 10. The van der Waals surface area contributed by atoms with Crippen LogP contribution in [-0.2, 0) is 0 Å². The summed E-state index contributed by atoms with van der Waals surface area (Å²) in [5.74, 6) is 0.262. The SMILES string of the molecule is CCCCC(CCC)NC(C)c1ccccc1OC(F)F. The first-order valence-corrected chi connectivity index (χ1v) is 7.88. The predicted octanol–water partition coefficient (Wildman–Crippen LogP) is 5.30. The lowest BCUT2D eigenvalue weighted by Gasteiger charge is -2.24. The van der Waals surface area contributed by atoms with Gasteiger partial charge in [0.25, 0.3) is 0 Å². The van der Waals surface area contributed by atoms with Crippen molar-refractivity contribution in [1.82, 2.24) is 5.32 Å². The Labute approximate surface area is 126 Å². The summed E-state index contributed by atoms with van der Waals surface area (Å²) in [6, 6.07) is 7.43. The second kappa shape index (κ2) is 9.72. The minimum absolute atomic E-state index is 0.00615. The van der Waals surface area contributed by atoms with Gasteiger partial charge in [0, 0.05) is 17.6 Å². The lowest BCUT2D eigenvalue weighted by Crippen LogP contribution is -2.31. The maximum Gasteiger partial charge on any atom is 0.387 e. The summed E-state index contributed by atoms with van der Waals surface area (Å²) in [6.45, 7) is 3.56. The Kier molecular flexibility index (Phi) is 8.28. The van der Waals surface area contributed by atoms with Gasteiger partial charge in [0.1, 0.15) is 5.75 Å². The van der Waals surface area contributed by atoms with Gasteiger partial charge in [0.2, 0.25) is 0 Å². The second-order valence-corrected chi connectivity index (χ2v) is 5.43. The summed E-state index contributed by atoms with van der Waals surface area (Å²) >= 11 is 0. The van der Waals surface area contributed by atoms with Crippen LogP contribution in [0.1, 0.15) is 64.5 Å². The molecule has 0 spiro atoms. The van der Waals surface area contributed by atoms with Crippen LogP contribution < -0.4 is 10.1 Å². The van der Waals surface area contributed by atoms with Crippen molar-refractivity contribution in [3.8, 4) is 5.75 Å². The normalized spacial score (nSPS) is 14.2. The fraction of sp³-hybridized carbons (Fsp3) is 0.647. The summed E-state index contributed by atoms with van der Waals surface area (Å²) in [4.78, 5) is 0. The van der Waals surface area contributed by atoms with E-state index in [0.29, 0.717) is 6.04 Å². The van der Waals surface area contributed by atoms with Gasteiger partial charge in [0.05, 0.1) is 0 Å². The van der Waals surface area contributed by atoms with Gasteiger partial charge in [-0.15, -0.1) is 0 Å². The van der Waals surface area contributed by atoms with E-state index in [0.717, 1.165) is 24.8 Å². The summed E-state index contributed by atoms with van der Waals surface area (Å²) in [5, 5.41) is 3.56. The molecule has 0 saturated heterocycles. The van der Waals surface area contributed by atoms with Crippen molar-refractivity contribution < 1.29 is 13.5 Å². The van der Waals surface area contributed by atoms with E-state index in [1.807, 2.05) is 19.1 Å². The van der Waals surface area contributed by atoms with Crippen LogP contribution >= 0.6 is 0 Å². The summed E-state index contributed by atoms with van der Waals surface area (Å²) < 4.78 is 29.6. The Morgan fingerprint density at radius 2 is 1.81 bits per heavy atom. The number of alkyl halides is 2. The Morgan fingerprint density at radius 1 is 1.10 bits per heavy atom. The third-order valence-corrected chi connectivity index (χ3v) is 3.63. The van der Waals surface area contributed by atoms with Crippen LogP contribution in [0.2, 0.25) is 0 Å². The molecule has 1 aromatic rings. The molecule has 2 unspecified atom stereocenters. The average molecular weight is 299 g/mol. The van der Waals surface area contributed by atoms with Gasteiger partial charge >= 0.3 is 6.61 Å². The minimum atomic E-state index is -2.79. The van der Waals surface area contributed by atoms with E-state index < -0.39 is 6.61 Å². The highest BCUT2D eigenvalue weighted by atomic mass is 19.3. The molecule has 0 amide bonds. The fourth-order valence-corrected chi connectivity index (χ4v) is 2.59. The first-order chi connectivity index (χ1) is 10.1. The molecule has 0 fully saturated rings. The number of para-hydroxylation sites is 1. The molecule has 1 rings (SSSR count). The van der Waals surface area contributed by atoms with Gasteiger partial charge in [-0.3, -0.25) is 0 Å². The van der Waals surface area contributed by atoms with Crippen LogP contribution in [0.5, 0.6) is 5.75 Å². The lowest BCUT2D eigenvalue weighted by molar-refractivity contribution is -0.0507. The van der Waals surface area contributed by atoms with Gasteiger partial charge < -0.3 is 10.1 Å². The molecular formula is C17H27F2NO. The number of nitrogens with one attached hydrogen (secondary N) is 1. The van der Waals surface area contributed by atoms with Gasteiger partial charge in [-0.1, -0.05) is 51.3 Å². The van der Waals surface area contributed by atoms with Crippen molar-refractivity contribution in [2.75, 3.05) is 0 Å². The maximum atomic E-state index is 12.5. The largest absolute Gasteiger partial charge is 0.434 e. The van der Waals surface area contributed by atoms with Crippen molar-refractivity contribution in [3.63, 3.8) is 0 Å². The second-order valence-electron chi connectivity index (χ2n) is 5.43. The number of benzene rings is 1. The molecule has 21 heavy (non-hydrogen) atoms. The first kappa shape index (κ1) is 17.9. The zero-order chi connectivity index (χ0) is 15.7. The molecule has 0 bridgehead atoms. The van der Waals surface area contributed by atoms with E-state index in [1.54, 1.807) is 12.1 Å². The van der Waals surface area contributed by atoms with Gasteiger partial charge in [0.15, 0.2) is 0 Å². The number of hydrogen-bond acceptors (Lipinski definition) is 2. The monoisotopic (exact) mass is 299 g/mol. The number of halogens is 2. The van der Waals surface area contributed by atoms with Crippen LogP contribution in [0.3, 0.4) is 0 Å². The summed E-state index contributed by atoms with van der Waals surface area (Å²) in [7, 11) is 0. The van der Waals surface area contributed by atoms with Crippen molar-refractivity contribution in [1.29, 1.82) is 0 Å². The van der Waals surface area contributed by atoms with Crippen LogP contribution in [-0.4, -0.2) is 12.7 Å². The average Bonchev–Trinajstić information content (AvgIpc) is 2.44. The predicted molar refractivity (Wildman–Crippen MR) is 82.8 cm³/mol. The van der Waals surface area contributed by atoms with Crippen LogP contribution in [0.4, 0.5) is 8.78 Å². The fourth-order valence-electron chi connectivity index (χ4n) is 2.59. The number of ether oxygens (including phenoxy) is 1. The molecule has 0 radical (unpaired) electrons. The van der Waals surface area contributed by atoms with E-state index in [9.17, 15) is 8.78 Å². The first-order valence-electron chi connectivity index (χ1n) is 7.88. The molecule has 0 heterocycles. The molecule has 1 aromatic carbocycles. The van der Waals surface area contributed by atoms with Crippen molar-refractivity contribution in [2.45, 2.75) is 71.6 Å². The molecule has 4 heteroatoms. The van der Waals surface area contributed by atoms with Crippen LogP contribution in [0.15, 0.2) is 24.3 Å². The molecule has 1 N–H and O–H groups in total. The van der Waals surface area contributed by atoms with Crippen LogP contribution in [0, 0.1) is 0 Å². The molecule has 0 aliphatic heterocycles. The summed E-state index contributed by atoms with van der Waals surface area (Å²) in [6.07, 6.45) is 5.68. The van der Waals surface area contributed by atoms with E-state index in [2.05, 4.69) is 23.9 Å². The Hall–Kier alpha value is -1.16. The Morgan fingerprint density at radius 3 is 2.43 bits per heavy atom. The molecule has 120 valence electrons. The Bertz CT molecular complexity index is 398. The molecule has 0 aliphatic carbocycles. The van der Waals surface area contributed by atoms with Crippen molar-refractivity contribution in [3.05, 3.63) is 29.8 Å². The topological polar surface area (TPSA) is 21.3 Å². The van der Waals surface area contributed by atoms with Crippen LogP contribution in [0.25, 0.3) is 0 Å². The molecule has 2 nitrogen and oxygen atoms in total. The van der Waals surface area contributed by atoms with Crippen molar-refractivity contribution in [2.24, 2.45) is 0 Å². The number of unbranched alkanes of at least 4 members (excludes halogenated alkanes) is 1. The molecule has 0 aromatic heterocycles. The maximum absolute atomic E-state index is 12.5. The highest BCUT2D eigenvalue weighted by Gasteiger charge is 2.17. The zero-order valence-corrected chi connectivity index (χ0v) is 13.2. The lowest BCUT2D eigenvalue weighted by atomic mass is 10.0. The Balaban J connectivity index is 2.74. The standard InChI is InChI=1S/C17H27F2NO/c1-4-6-10-14(9-5-2)20-13(3)15-11-7-8-12-16(15)21-17(18)19/h7-8,11-14,17,20H,4-6,9-10H2,1-3H3. The quantitative estimate of drug-likeness (QED) is 0.633. The zero-order valence-electron chi connectivity index (χ0n) is 13.2. The molecular weight excluding hydrogens is 272 g/mol.